The molecule has 0 saturated carbocycles. The standard InChI is InChI=1S/C20H20F3N5O2S/c1-30-16-15-17(25-11-24-16)31-18(26-15)27-19(29)28-7-5-12(6-8-28)9-13-3-2-4-14(10-13)20(21,22)23/h2-4,10-12H,5-9H2,1H3,(H,26,27,29). The number of ether oxygens (including phenoxy) is 1. The smallest absolute Gasteiger partial charge is 0.416 e. The molecule has 0 unspecified atom stereocenters. The zero-order valence-corrected chi connectivity index (χ0v) is 17.5. The first-order valence-electron chi connectivity index (χ1n) is 9.71. The van der Waals surface area contributed by atoms with E-state index in [1.54, 1.807) is 11.0 Å². The molecule has 7 nitrogen and oxygen atoms in total. The fourth-order valence-electron chi connectivity index (χ4n) is 3.66. The van der Waals surface area contributed by atoms with E-state index in [0.29, 0.717) is 46.4 Å². The summed E-state index contributed by atoms with van der Waals surface area (Å²) in [6, 6.07) is 5.20. The van der Waals surface area contributed by atoms with Gasteiger partial charge < -0.3 is 9.64 Å². The maximum atomic E-state index is 12.9. The first-order chi connectivity index (χ1) is 14.8. The van der Waals surface area contributed by atoms with Gasteiger partial charge in [0.15, 0.2) is 15.5 Å². The molecule has 3 aromatic rings. The highest BCUT2D eigenvalue weighted by Crippen LogP contribution is 2.32. The third kappa shape index (κ3) is 4.87. The van der Waals surface area contributed by atoms with Crippen molar-refractivity contribution in [2.75, 3.05) is 25.5 Å². The van der Waals surface area contributed by atoms with Gasteiger partial charge in [0.25, 0.3) is 0 Å². The molecule has 1 aliphatic heterocycles. The van der Waals surface area contributed by atoms with Crippen LogP contribution >= 0.6 is 11.3 Å². The Bertz CT molecular complexity index is 1080. The second-order valence-corrected chi connectivity index (χ2v) is 8.30. The van der Waals surface area contributed by atoms with Crippen LogP contribution in [0.1, 0.15) is 24.0 Å². The Morgan fingerprint density at radius 3 is 2.77 bits per heavy atom. The Morgan fingerprint density at radius 2 is 2.06 bits per heavy atom. The highest BCUT2D eigenvalue weighted by molar-refractivity contribution is 7.22. The average Bonchev–Trinajstić information content (AvgIpc) is 3.16. The van der Waals surface area contributed by atoms with E-state index in [1.165, 1.54) is 36.9 Å². The molecule has 1 aliphatic rings. The summed E-state index contributed by atoms with van der Waals surface area (Å²) < 4.78 is 43.9. The van der Waals surface area contributed by atoms with Crippen LogP contribution in [-0.4, -0.2) is 46.1 Å². The second kappa shape index (κ2) is 8.66. The SMILES string of the molecule is COc1ncnc2sc(NC(=O)N3CCC(Cc4cccc(C(F)(F)F)c4)CC3)nc12. The van der Waals surface area contributed by atoms with Crippen molar-refractivity contribution in [2.24, 2.45) is 5.92 Å². The van der Waals surface area contributed by atoms with Gasteiger partial charge in [-0.2, -0.15) is 18.2 Å². The summed E-state index contributed by atoms with van der Waals surface area (Å²) in [6.45, 7) is 1.06. The molecule has 11 heteroatoms. The Labute approximate surface area is 180 Å². The monoisotopic (exact) mass is 451 g/mol. The number of methoxy groups -OCH3 is 1. The number of aromatic nitrogens is 3. The topological polar surface area (TPSA) is 80.2 Å². The highest BCUT2D eigenvalue weighted by atomic mass is 32.1. The summed E-state index contributed by atoms with van der Waals surface area (Å²) in [5, 5.41) is 3.19. The van der Waals surface area contributed by atoms with Crippen molar-refractivity contribution in [3.05, 3.63) is 41.7 Å². The van der Waals surface area contributed by atoms with Gasteiger partial charge in [0.05, 0.1) is 12.7 Å². The molecule has 4 rings (SSSR count). The third-order valence-corrected chi connectivity index (χ3v) is 6.13. The molecule has 0 spiro atoms. The molecule has 2 amide bonds. The molecule has 1 N–H and O–H groups in total. The molecule has 1 fully saturated rings. The zero-order valence-electron chi connectivity index (χ0n) is 16.6. The number of halogens is 3. The van der Waals surface area contributed by atoms with Crippen LogP contribution in [0.4, 0.5) is 23.1 Å². The predicted octanol–water partition coefficient (Wildman–Crippen LogP) is 4.60. The highest BCUT2D eigenvalue weighted by Gasteiger charge is 2.31. The van der Waals surface area contributed by atoms with Crippen molar-refractivity contribution >= 4 is 32.8 Å². The summed E-state index contributed by atoms with van der Waals surface area (Å²) >= 11 is 1.23. The van der Waals surface area contributed by atoms with Gasteiger partial charge in [-0.05, 0) is 36.8 Å². The van der Waals surface area contributed by atoms with Crippen molar-refractivity contribution in [2.45, 2.75) is 25.4 Å². The van der Waals surface area contributed by atoms with Crippen molar-refractivity contribution in [1.29, 1.82) is 0 Å². The molecular weight excluding hydrogens is 431 g/mol. The van der Waals surface area contributed by atoms with E-state index < -0.39 is 11.7 Å². The Kier molecular flexibility index (Phi) is 5.94. The average molecular weight is 451 g/mol. The van der Waals surface area contributed by atoms with Gasteiger partial charge >= 0.3 is 12.2 Å². The minimum absolute atomic E-state index is 0.231. The first-order valence-corrected chi connectivity index (χ1v) is 10.5. The number of thiazole rings is 1. The van der Waals surface area contributed by atoms with Crippen LogP contribution < -0.4 is 10.1 Å². The fraction of sp³-hybridized carbons (Fsp3) is 0.400. The normalized spacial score (nSPS) is 15.3. The summed E-state index contributed by atoms with van der Waals surface area (Å²) in [4.78, 5) is 27.4. The molecule has 0 radical (unpaired) electrons. The maximum absolute atomic E-state index is 12.9. The van der Waals surface area contributed by atoms with Crippen LogP contribution in [0.3, 0.4) is 0 Å². The summed E-state index contributed by atoms with van der Waals surface area (Å²) in [5.74, 6) is 0.576. The number of rotatable bonds is 4. The van der Waals surface area contributed by atoms with Gasteiger partial charge in [0.2, 0.25) is 5.88 Å². The number of carbonyl (C=O) groups is 1. The van der Waals surface area contributed by atoms with E-state index in [9.17, 15) is 18.0 Å². The van der Waals surface area contributed by atoms with Gasteiger partial charge in [0, 0.05) is 13.1 Å². The molecular formula is C20H20F3N5O2S. The molecule has 31 heavy (non-hydrogen) atoms. The number of hydrogen-bond acceptors (Lipinski definition) is 6. The number of fused-ring (bicyclic) bond motifs is 1. The van der Waals surface area contributed by atoms with Crippen LogP contribution in [0.15, 0.2) is 30.6 Å². The number of piperidine rings is 1. The lowest BCUT2D eigenvalue weighted by Gasteiger charge is -2.31. The minimum atomic E-state index is -4.34. The molecule has 164 valence electrons. The van der Waals surface area contributed by atoms with Crippen molar-refractivity contribution in [3.63, 3.8) is 0 Å². The van der Waals surface area contributed by atoms with Crippen molar-refractivity contribution < 1.29 is 22.7 Å². The van der Waals surface area contributed by atoms with E-state index in [2.05, 4.69) is 20.3 Å². The Hall–Kier alpha value is -2.95. The third-order valence-electron chi connectivity index (χ3n) is 5.25. The molecule has 3 heterocycles. The van der Waals surface area contributed by atoms with Crippen LogP contribution in [0.2, 0.25) is 0 Å². The molecule has 1 aromatic carbocycles. The number of nitrogens with zero attached hydrogens (tertiary/aromatic N) is 4. The summed E-state index contributed by atoms with van der Waals surface area (Å²) in [5.41, 5.74) is 0.534. The number of anilines is 1. The number of urea groups is 1. The second-order valence-electron chi connectivity index (χ2n) is 7.32. The number of likely N-dealkylation sites (tertiary alicyclic amines) is 1. The number of nitrogens with one attached hydrogen (secondary N) is 1. The molecule has 2 aromatic heterocycles. The molecule has 0 bridgehead atoms. The largest absolute Gasteiger partial charge is 0.479 e. The number of carbonyl (C=O) groups excluding carboxylic acids is 1. The van der Waals surface area contributed by atoms with Gasteiger partial charge in [-0.25, -0.2) is 14.8 Å². The van der Waals surface area contributed by atoms with Crippen LogP contribution in [0.25, 0.3) is 10.3 Å². The molecule has 0 atom stereocenters. The van der Waals surface area contributed by atoms with Gasteiger partial charge in [-0.3, -0.25) is 5.32 Å². The van der Waals surface area contributed by atoms with E-state index >= 15 is 0 Å². The quantitative estimate of drug-likeness (QED) is 0.627. The Morgan fingerprint density at radius 1 is 1.29 bits per heavy atom. The van der Waals surface area contributed by atoms with Crippen LogP contribution in [0, 0.1) is 5.92 Å². The number of benzene rings is 1. The lowest BCUT2D eigenvalue weighted by atomic mass is 9.90. The van der Waals surface area contributed by atoms with E-state index in [1.807, 2.05) is 0 Å². The number of amides is 2. The number of hydrogen-bond donors (Lipinski definition) is 1. The lowest BCUT2D eigenvalue weighted by molar-refractivity contribution is -0.137. The Balaban J connectivity index is 1.33. The molecule has 1 saturated heterocycles. The van der Waals surface area contributed by atoms with Gasteiger partial charge in [0.1, 0.15) is 6.33 Å². The van der Waals surface area contributed by atoms with Gasteiger partial charge in [-0.15, -0.1) is 0 Å². The predicted molar refractivity (Wildman–Crippen MR) is 110 cm³/mol. The summed E-state index contributed by atoms with van der Waals surface area (Å²) in [7, 11) is 1.49. The zero-order chi connectivity index (χ0) is 22.0. The van der Waals surface area contributed by atoms with Crippen molar-refractivity contribution in [3.8, 4) is 5.88 Å². The number of alkyl halides is 3. The molecule has 0 aliphatic carbocycles. The van der Waals surface area contributed by atoms with Gasteiger partial charge in [-0.1, -0.05) is 29.5 Å². The summed E-state index contributed by atoms with van der Waals surface area (Å²) in [6.07, 6.45) is -0.949. The van der Waals surface area contributed by atoms with E-state index in [4.69, 9.17) is 4.74 Å². The fourth-order valence-corrected chi connectivity index (χ4v) is 4.44. The first kappa shape index (κ1) is 21.3. The van der Waals surface area contributed by atoms with Crippen LogP contribution in [0.5, 0.6) is 5.88 Å². The van der Waals surface area contributed by atoms with E-state index in [-0.39, 0.29) is 11.9 Å². The minimum Gasteiger partial charge on any atom is -0.479 e. The van der Waals surface area contributed by atoms with E-state index in [0.717, 1.165) is 18.9 Å². The maximum Gasteiger partial charge on any atom is 0.416 e. The lowest BCUT2D eigenvalue weighted by Crippen LogP contribution is -2.41. The van der Waals surface area contributed by atoms with Crippen LogP contribution in [-0.2, 0) is 12.6 Å². The van der Waals surface area contributed by atoms with Crippen molar-refractivity contribution in [1.82, 2.24) is 19.9 Å².